The molecule has 0 radical (unpaired) electrons. The lowest BCUT2D eigenvalue weighted by Gasteiger charge is -2.24. The van der Waals surface area contributed by atoms with Crippen LogP contribution in [0.5, 0.6) is 0 Å². The average molecular weight is 212 g/mol. The first-order valence-electron chi connectivity index (χ1n) is 6.47. The predicted octanol–water partition coefficient (Wildman–Crippen LogP) is 1.14. The highest BCUT2D eigenvalue weighted by molar-refractivity contribution is 4.73. The van der Waals surface area contributed by atoms with E-state index >= 15 is 0 Å². The predicted molar refractivity (Wildman–Crippen MR) is 62.1 cm³/mol. The Morgan fingerprint density at radius 2 is 2.13 bits per heavy atom. The molecule has 15 heavy (non-hydrogen) atoms. The monoisotopic (exact) mass is 212 g/mol. The van der Waals surface area contributed by atoms with Gasteiger partial charge in [-0.15, -0.1) is 0 Å². The second kappa shape index (κ2) is 6.46. The summed E-state index contributed by atoms with van der Waals surface area (Å²) in [5.74, 6) is 0.959. The molecule has 1 aliphatic carbocycles. The van der Waals surface area contributed by atoms with Gasteiger partial charge in [0.1, 0.15) is 0 Å². The van der Waals surface area contributed by atoms with Crippen molar-refractivity contribution in [2.75, 3.05) is 32.8 Å². The molecule has 0 aromatic rings. The van der Waals surface area contributed by atoms with E-state index in [4.69, 9.17) is 4.74 Å². The zero-order valence-corrected chi connectivity index (χ0v) is 9.63. The van der Waals surface area contributed by atoms with Gasteiger partial charge in [-0.05, 0) is 38.3 Å². The van der Waals surface area contributed by atoms with Crippen LogP contribution in [0.4, 0.5) is 0 Å². The molecule has 2 rings (SSSR count). The van der Waals surface area contributed by atoms with Crippen molar-refractivity contribution in [1.29, 1.82) is 0 Å². The van der Waals surface area contributed by atoms with Crippen molar-refractivity contribution < 1.29 is 4.74 Å². The molecule has 2 aliphatic rings. The lowest BCUT2D eigenvalue weighted by molar-refractivity contribution is 0.0742. The van der Waals surface area contributed by atoms with E-state index in [0.717, 1.165) is 32.2 Å². The fourth-order valence-electron chi connectivity index (χ4n) is 2.60. The maximum absolute atomic E-state index is 5.42. The average Bonchev–Trinajstić information content (AvgIpc) is 2.79. The quantitative estimate of drug-likeness (QED) is 0.671. The van der Waals surface area contributed by atoms with Gasteiger partial charge in [0.25, 0.3) is 0 Å². The molecule has 88 valence electrons. The van der Waals surface area contributed by atoms with Crippen molar-refractivity contribution in [2.45, 2.75) is 38.1 Å². The molecule has 1 saturated carbocycles. The van der Waals surface area contributed by atoms with Crippen molar-refractivity contribution in [2.24, 2.45) is 5.92 Å². The third-order valence-electron chi connectivity index (χ3n) is 3.58. The third-order valence-corrected chi connectivity index (χ3v) is 3.58. The van der Waals surface area contributed by atoms with Gasteiger partial charge >= 0.3 is 0 Å². The first-order valence-corrected chi connectivity index (χ1v) is 6.47. The summed E-state index contributed by atoms with van der Waals surface area (Å²) in [4.78, 5) is 0. The molecule has 0 bridgehead atoms. The molecule has 0 aromatic heterocycles. The lowest BCUT2D eigenvalue weighted by Crippen LogP contribution is -2.43. The van der Waals surface area contributed by atoms with Crippen molar-refractivity contribution in [3.8, 4) is 0 Å². The number of morpholine rings is 1. The van der Waals surface area contributed by atoms with E-state index in [1.165, 1.54) is 38.6 Å². The summed E-state index contributed by atoms with van der Waals surface area (Å²) in [6, 6.07) is 0.579. The molecule has 0 aromatic carbocycles. The normalized spacial score (nSPS) is 28.4. The second-order valence-electron chi connectivity index (χ2n) is 4.87. The van der Waals surface area contributed by atoms with Gasteiger partial charge in [0.2, 0.25) is 0 Å². The van der Waals surface area contributed by atoms with E-state index < -0.39 is 0 Å². The first-order chi connectivity index (χ1) is 7.45. The number of nitrogens with one attached hydrogen (secondary N) is 2. The molecule has 3 nitrogen and oxygen atoms in total. The van der Waals surface area contributed by atoms with Gasteiger partial charge in [0.05, 0.1) is 13.2 Å². The van der Waals surface area contributed by atoms with Crippen LogP contribution in [0, 0.1) is 5.92 Å². The van der Waals surface area contributed by atoms with Gasteiger partial charge in [0.15, 0.2) is 0 Å². The lowest BCUT2D eigenvalue weighted by atomic mass is 10.1. The van der Waals surface area contributed by atoms with E-state index in [1.54, 1.807) is 0 Å². The van der Waals surface area contributed by atoms with Gasteiger partial charge in [-0.1, -0.05) is 12.8 Å². The minimum absolute atomic E-state index is 0.579. The second-order valence-corrected chi connectivity index (χ2v) is 4.87. The van der Waals surface area contributed by atoms with Crippen LogP contribution < -0.4 is 10.6 Å². The molecule has 0 spiro atoms. The third kappa shape index (κ3) is 4.09. The molecule has 1 atom stereocenters. The topological polar surface area (TPSA) is 33.3 Å². The molecule has 1 heterocycles. The highest BCUT2D eigenvalue weighted by atomic mass is 16.5. The Labute approximate surface area is 93.0 Å². The Morgan fingerprint density at radius 1 is 1.27 bits per heavy atom. The smallest absolute Gasteiger partial charge is 0.0620 e. The number of hydrogen-bond donors (Lipinski definition) is 2. The van der Waals surface area contributed by atoms with Crippen LogP contribution in [0.25, 0.3) is 0 Å². The van der Waals surface area contributed by atoms with E-state index in [1.807, 2.05) is 0 Å². The van der Waals surface area contributed by atoms with Gasteiger partial charge in [-0.25, -0.2) is 0 Å². The maximum atomic E-state index is 5.42. The minimum Gasteiger partial charge on any atom is -0.379 e. The van der Waals surface area contributed by atoms with E-state index in [0.29, 0.717) is 6.04 Å². The Morgan fingerprint density at radius 3 is 2.87 bits per heavy atom. The summed E-state index contributed by atoms with van der Waals surface area (Å²) in [5, 5.41) is 7.06. The van der Waals surface area contributed by atoms with Crippen LogP contribution in [-0.4, -0.2) is 38.9 Å². The van der Waals surface area contributed by atoms with Gasteiger partial charge in [-0.2, -0.15) is 0 Å². The number of rotatable bonds is 5. The summed E-state index contributed by atoms with van der Waals surface area (Å²) in [7, 11) is 0. The van der Waals surface area contributed by atoms with Crippen LogP contribution in [0.1, 0.15) is 32.1 Å². The Balaban J connectivity index is 1.47. The van der Waals surface area contributed by atoms with Crippen molar-refractivity contribution in [1.82, 2.24) is 10.6 Å². The molecule has 1 aliphatic heterocycles. The fourth-order valence-corrected chi connectivity index (χ4v) is 2.60. The zero-order valence-electron chi connectivity index (χ0n) is 9.63. The summed E-state index contributed by atoms with van der Waals surface area (Å²) in [6.45, 7) is 5.16. The van der Waals surface area contributed by atoms with Gasteiger partial charge in [0, 0.05) is 12.6 Å². The summed E-state index contributed by atoms with van der Waals surface area (Å²) >= 11 is 0. The summed E-state index contributed by atoms with van der Waals surface area (Å²) in [5.41, 5.74) is 0. The first kappa shape index (κ1) is 11.4. The number of ether oxygens (including phenoxy) is 1. The standard InChI is InChI=1S/C12H24N2O/c1-2-4-11(3-1)9-13-6-5-12-10-15-8-7-14-12/h11-14H,1-10H2. The number of hydrogen-bond acceptors (Lipinski definition) is 3. The Kier molecular flexibility index (Phi) is 4.90. The van der Waals surface area contributed by atoms with Crippen LogP contribution in [0.3, 0.4) is 0 Å². The minimum atomic E-state index is 0.579. The van der Waals surface area contributed by atoms with Gasteiger partial charge in [-0.3, -0.25) is 0 Å². The molecule has 0 amide bonds. The molecule has 1 unspecified atom stereocenters. The highest BCUT2D eigenvalue weighted by Gasteiger charge is 2.15. The maximum Gasteiger partial charge on any atom is 0.0620 e. The van der Waals surface area contributed by atoms with Crippen molar-refractivity contribution >= 4 is 0 Å². The molecule has 3 heteroatoms. The molecular formula is C12H24N2O. The molecule has 2 fully saturated rings. The zero-order chi connectivity index (χ0) is 10.3. The van der Waals surface area contributed by atoms with Crippen LogP contribution in [0.15, 0.2) is 0 Å². The van der Waals surface area contributed by atoms with Crippen LogP contribution >= 0.6 is 0 Å². The summed E-state index contributed by atoms with van der Waals surface area (Å²) < 4.78 is 5.42. The molecule has 2 N–H and O–H groups in total. The fraction of sp³-hybridized carbons (Fsp3) is 1.00. The Hall–Kier alpha value is -0.120. The van der Waals surface area contributed by atoms with E-state index in [-0.39, 0.29) is 0 Å². The molecular weight excluding hydrogens is 188 g/mol. The SMILES string of the molecule is C1CCC(CNCCC2COCCN2)C1. The van der Waals surface area contributed by atoms with Crippen LogP contribution in [-0.2, 0) is 4.74 Å². The van der Waals surface area contributed by atoms with Crippen LogP contribution in [0.2, 0.25) is 0 Å². The largest absolute Gasteiger partial charge is 0.379 e. The molecule has 1 saturated heterocycles. The van der Waals surface area contributed by atoms with Gasteiger partial charge < -0.3 is 15.4 Å². The summed E-state index contributed by atoms with van der Waals surface area (Å²) in [6.07, 6.45) is 6.98. The Bertz CT molecular complexity index is 163. The van der Waals surface area contributed by atoms with Crippen molar-refractivity contribution in [3.05, 3.63) is 0 Å². The highest BCUT2D eigenvalue weighted by Crippen LogP contribution is 2.23. The van der Waals surface area contributed by atoms with E-state index in [9.17, 15) is 0 Å². The van der Waals surface area contributed by atoms with E-state index in [2.05, 4.69) is 10.6 Å². The van der Waals surface area contributed by atoms with Crippen molar-refractivity contribution in [3.63, 3.8) is 0 Å².